The molecular weight excluding hydrogens is 436 g/mol. The van der Waals surface area contributed by atoms with Gasteiger partial charge in [-0.2, -0.15) is 0 Å². The lowest BCUT2D eigenvalue weighted by Gasteiger charge is -2.11. The molecule has 0 aliphatic carbocycles. The number of carbonyl (C=O) groups excluding carboxylic acids is 3. The van der Waals surface area contributed by atoms with Crippen LogP contribution in [0.4, 0.5) is 5.69 Å². The van der Waals surface area contributed by atoms with Gasteiger partial charge < -0.3 is 24.8 Å². The molecule has 32 heavy (non-hydrogen) atoms. The van der Waals surface area contributed by atoms with Crippen LogP contribution in [0.25, 0.3) is 6.08 Å². The lowest BCUT2D eigenvalue weighted by molar-refractivity contribution is -0.142. The number of halogens is 1. The summed E-state index contributed by atoms with van der Waals surface area (Å²) in [4.78, 5) is 35.9. The summed E-state index contributed by atoms with van der Waals surface area (Å²) in [6.45, 7) is 4.07. The minimum atomic E-state index is -0.707. The van der Waals surface area contributed by atoms with Crippen molar-refractivity contribution in [1.82, 2.24) is 5.32 Å². The van der Waals surface area contributed by atoms with Gasteiger partial charge in [-0.25, -0.2) is 4.79 Å². The van der Waals surface area contributed by atoms with Gasteiger partial charge in [-0.15, -0.1) is 0 Å². The molecule has 0 heterocycles. The average Bonchev–Trinajstić information content (AvgIpc) is 2.77. The van der Waals surface area contributed by atoms with Crippen LogP contribution in [0.15, 0.2) is 42.5 Å². The Balaban J connectivity index is 1.93. The van der Waals surface area contributed by atoms with Crippen molar-refractivity contribution in [2.24, 2.45) is 0 Å². The van der Waals surface area contributed by atoms with Gasteiger partial charge in [0.25, 0.3) is 11.8 Å². The quantitative estimate of drug-likeness (QED) is 0.414. The molecule has 0 fully saturated rings. The summed E-state index contributed by atoms with van der Waals surface area (Å²) in [6, 6.07) is 9.73. The Kier molecular flexibility index (Phi) is 9.56. The molecule has 2 aromatic rings. The van der Waals surface area contributed by atoms with Gasteiger partial charge in [0.2, 0.25) is 0 Å². The van der Waals surface area contributed by atoms with E-state index in [2.05, 4.69) is 10.6 Å². The van der Waals surface area contributed by atoms with Crippen molar-refractivity contribution < 1.29 is 28.6 Å². The number of hydrogen-bond acceptors (Lipinski definition) is 6. The fraction of sp³-hybridized carbons (Fsp3) is 0.261. The average molecular weight is 461 g/mol. The molecule has 0 aliphatic heterocycles. The number of nitrogens with one attached hydrogen (secondary N) is 2. The van der Waals surface area contributed by atoms with Gasteiger partial charge >= 0.3 is 5.97 Å². The van der Waals surface area contributed by atoms with Gasteiger partial charge in [-0.05, 0) is 55.8 Å². The van der Waals surface area contributed by atoms with E-state index in [4.69, 9.17) is 25.8 Å². The zero-order valence-electron chi connectivity index (χ0n) is 18.1. The first kappa shape index (κ1) is 24.7. The predicted molar refractivity (Wildman–Crippen MR) is 122 cm³/mol. The predicted octanol–water partition coefficient (Wildman–Crippen LogP) is 3.69. The number of rotatable bonds is 10. The molecule has 8 nitrogen and oxygen atoms in total. The zero-order valence-corrected chi connectivity index (χ0v) is 18.8. The van der Waals surface area contributed by atoms with E-state index in [1.807, 2.05) is 13.8 Å². The Hall–Kier alpha value is -3.52. The van der Waals surface area contributed by atoms with E-state index in [-0.39, 0.29) is 5.91 Å². The van der Waals surface area contributed by atoms with Crippen molar-refractivity contribution in [3.63, 3.8) is 0 Å². The van der Waals surface area contributed by atoms with Gasteiger partial charge in [0.1, 0.15) is 0 Å². The monoisotopic (exact) mass is 460 g/mol. The molecule has 2 rings (SSSR count). The van der Waals surface area contributed by atoms with Crippen LogP contribution >= 0.6 is 11.6 Å². The van der Waals surface area contributed by atoms with Gasteiger partial charge in [-0.1, -0.05) is 17.7 Å². The Morgan fingerprint density at radius 1 is 1.12 bits per heavy atom. The number of hydrogen-bond donors (Lipinski definition) is 2. The first-order valence-electron chi connectivity index (χ1n) is 9.91. The summed E-state index contributed by atoms with van der Waals surface area (Å²) >= 11 is 6.18. The van der Waals surface area contributed by atoms with Crippen molar-refractivity contribution >= 4 is 41.1 Å². The molecule has 9 heteroatoms. The molecule has 0 radical (unpaired) electrons. The van der Waals surface area contributed by atoms with Gasteiger partial charge in [0.15, 0.2) is 18.1 Å². The third-order valence-electron chi connectivity index (χ3n) is 4.04. The third-order valence-corrected chi connectivity index (χ3v) is 4.32. The molecule has 2 N–H and O–H groups in total. The molecule has 0 saturated heterocycles. The maximum atomic E-state index is 12.1. The highest BCUT2D eigenvalue weighted by molar-refractivity contribution is 6.32. The van der Waals surface area contributed by atoms with Crippen molar-refractivity contribution in [1.29, 1.82) is 0 Å². The summed E-state index contributed by atoms with van der Waals surface area (Å²) in [7, 11) is 1.48. The highest BCUT2D eigenvalue weighted by atomic mass is 35.5. The minimum absolute atomic E-state index is 0.244. The smallest absolute Gasteiger partial charge is 0.331 e. The Morgan fingerprint density at radius 2 is 1.91 bits per heavy atom. The normalized spacial score (nSPS) is 10.5. The van der Waals surface area contributed by atoms with Crippen LogP contribution in [-0.2, 0) is 14.3 Å². The Labute approximate surface area is 191 Å². The zero-order chi connectivity index (χ0) is 23.5. The summed E-state index contributed by atoms with van der Waals surface area (Å²) in [5.41, 5.74) is 1.43. The van der Waals surface area contributed by atoms with E-state index in [0.29, 0.717) is 46.5 Å². The molecule has 0 atom stereocenters. The second kappa shape index (κ2) is 12.4. The van der Waals surface area contributed by atoms with E-state index >= 15 is 0 Å². The van der Waals surface area contributed by atoms with Gasteiger partial charge in [0, 0.05) is 23.9 Å². The van der Waals surface area contributed by atoms with Crippen molar-refractivity contribution in [2.45, 2.75) is 13.8 Å². The molecular formula is C23H25ClN2O6. The van der Waals surface area contributed by atoms with Crippen LogP contribution in [0.1, 0.15) is 29.8 Å². The van der Waals surface area contributed by atoms with E-state index in [9.17, 15) is 14.4 Å². The Morgan fingerprint density at radius 3 is 2.59 bits per heavy atom. The second-order valence-electron chi connectivity index (χ2n) is 6.40. The van der Waals surface area contributed by atoms with Crippen molar-refractivity contribution in [3.05, 3.63) is 58.6 Å². The van der Waals surface area contributed by atoms with Gasteiger partial charge in [-0.3, -0.25) is 9.59 Å². The summed E-state index contributed by atoms with van der Waals surface area (Å²) in [6.07, 6.45) is 2.67. The van der Waals surface area contributed by atoms with E-state index in [0.717, 1.165) is 0 Å². The Bertz CT molecular complexity index is 1010. The maximum Gasteiger partial charge on any atom is 0.331 e. The van der Waals surface area contributed by atoms with Crippen LogP contribution in [0.2, 0.25) is 5.02 Å². The number of esters is 1. The second-order valence-corrected chi connectivity index (χ2v) is 6.80. The van der Waals surface area contributed by atoms with E-state index in [1.165, 1.54) is 25.3 Å². The summed E-state index contributed by atoms with van der Waals surface area (Å²) in [5.74, 6) is -0.635. The third kappa shape index (κ3) is 7.31. The van der Waals surface area contributed by atoms with Crippen LogP contribution in [0.5, 0.6) is 11.5 Å². The molecule has 0 aliphatic rings. The van der Waals surface area contributed by atoms with Crippen LogP contribution in [-0.4, -0.2) is 44.7 Å². The topological polar surface area (TPSA) is 103 Å². The highest BCUT2D eigenvalue weighted by Crippen LogP contribution is 2.36. The maximum absolute atomic E-state index is 12.1. The number of ether oxygens (including phenoxy) is 3. The molecule has 0 aromatic heterocycles. The van der Waals surface area contributed by atoms with Crippen molar-refractivity contribution in [3.8, 4) is 11.5 Å². The lowest BCUT2D eigenvalue weighted by atomic mass is 10.2. The molecule has 0 bridgehead atoms. The van der Waals surface area contributed by atoms with Crippen LogP contribution < -0.4 is 20.1 Å². The fourth-order valence-electron chi connectivity index (χ4n) is 2.69. The number of methoxy groups -OCH3 is 1. The van der Waals surface area contributed by atoms with Crippen LogP contribution in [0.3, 0.4) is 0 Å². The minimum Gasteiger partial charge on any atom is -0.491 e. The van der Waals surface area contributed by atoms with E-state index in [1.54, 1.807) is 30.3 Å². The molecule has 2 amide bonds. The summed E-state index contributed by atoms with van der Waals surface area (Å²) in [5, 5.41) is 5.59. The fourth-order valence-corrected chi connectivity index (χ4v) is 2.99. The highest BCUT2D eigenvalue weighted by Gasteiger charge is 2.11. The van der Waals surface area contributed by atoms with Crippen LogP contribution in [0, 0.1) is 0 Å². The number of carbonyl (C=O) groups is 3. The largest absolute Gasteiger partial charge is 0.491 e. The summed E-state index contributed by atoms with van der Waals surface area (Å²) < 4.78 is 15.7. The molecule has 0 unspecified atom stereocenters. The van der Waals surface area contributed by atoms with Crippen molar-refractivity contribution in [2.75, 3.05) is 32.2 Å². The number of amides is 2. The first-order valence-corrected chi connectivity index (χ1v) is 10.3. The molecule has 0 saturated carbocycles. The standard InChI is InChI=1S/C23H25ClN2O6/c1-4-25-23(29)16-7-6-8-17(13-16)26-20(27)14-32-21(28)10-9-15-11-18(24)22(30-3)19(12-15)31-5-2/h6-13H,4-5,14H2,1-3H3,(H,25,29)(H,26,27)/b10-9+. The SMILES string of the molecule is CCNC(=O)c1cccc(NC(=O)COC(=O)/C=C/c2cc(Cl)c(OC)c(OCC)c2)c1. The number of anilines is 1. The molecule has 0 spiro atoms. The van der Waals surface area contributed by atoms with E-state index < -0.39 is 18.5 Å². The molecule has 2 aromatic carbocycles. The first-order chi connectivity index (χ1) is 15.4. The molecule has 170 valence electrons. The number of benzene rings is 2. The van der Waals surface area contributed by atoms with Gasteiger partial charge in [0.05, 0.1) is 18.7 Å². The lowest BCUT2D eigenvalue weighted by Crippen LogP contribution is -2.23.